The van der Waals surface area contributed by atoms with Gasteiger partial charge in [0, 0.05) is 23.5 Å². The number of aromatic nitrogens is 4. The largest absolute Gasteiger partial charge is 0.457 e. The SMILES string of the molecule is Cc1cccc(C)c1-n1cnc(-c2cccc(Oc3cccc(-c4cn(-c5c(C)cccc5C)cn4)c3)c2)c1. The molecular formula is C34H30N4O. The Balaban J connectivity index is 1.24. The molecule has 0 aliphatic rings. The van der Waals surface area contributed by atoms with Crippen LogP contribution in [0.2, 0.25) is 0 Å². The van der Waals surface area contributed by atoms with Gasteiger partial charge in [-0.2, -0.15) is 0 Å². The number of aryl methyl sites for hydroxylation is 4. The summed E-state index contributed by atoms with van der Waals surface area (Å²) in [4.78, 5) is 9.37. The van der Waals surface area contributed by atoms with E-state index in [2.05, 4.69) is 108 Å². The highest BCUT2D eigenvalue weighted by molar-refractivity contribution is 5.64. The molecule has 0 aliphatic heterocycles. The number of hydrogen-bond acceptors (Lipinski definition) is 3. The van der Waals surface area contributed by atoms with Gasteiger partial charge in [0.2, 0.25) is 0 Å². The second-order valence-corrected chi connectivity index (χ2v) is 9.97. The zero-order valence-corrected chi connectivity index (χ0v) is 22.6. The van der Waals surface area contributed by atoms with Crippen LogP contribution >= 0.6 is 0 Å². The molecule has 5 heteroatoms. The summed E-state index contributed by atoms with van der Waals surface area (Å²) in [5.74, 6) is 1.51. The van der Waals surface area contributed by atoms with Crippen molar-refractivity contribution in [3.63, 3.8) is 0 Å². The first-order valence-electron chi connectivity index (χ1n) is 13.1. The molecule has 0 atom stereocenters. The van der Waals surface area contributed by atoms with Crippen LogP contribution in [0.1, 0.15) is 22.3 Å². The van der Waals surface area contributed by atoms with Crippen LogP contribution in [0.5, 0.6) is 11.5 Å². The summed E-state index contributed by atoms with van der Waals surface area (Å²) in [5.41, 5.74) is 11.0. The van der Waals surface area contributed by atoms with Crippen LogP contribution in [-0.2, 0) is 0 Å². The highest BCUT2D eigenvalue weighted by Crippen LogP contribution is 2.31. The number of rotatable bonds is 6. The summed E-state index contributed by atoms with van der Waals surface area (Å²) in [6.07, 6.45) is 7.89. The van der Waals surface area contributed by atoms with Crippen LogP contribution in [0.25, 0.3) is 33.9 Å². The van der Waals surface area contributed by atoms with E-state index in [0.29, 0.717) is 0 Å². The number of nitrogens with zero attached hydrogens (tertiary/aromatic N) is 4. The van der Waals surface area contributed by atoms with Crippen molar-refractivity contribution in [3.8, 4) is 45.4 Å². The quantitative estimate of drug-likeness (QED) is 0.226. The maximum Gasteiger partial charge on any atom is 0.128 e. The zero-order valence-electron chi connectivity index (χ0n) is 22.6. The van der Waals surface area contributed by atoms with Gasteiger partial charge in [0.15, 0.2) is 0 Å². The van der Waals surface area contributed by atoms with Crippen LogP contribution in [0.4, 0.5) is 0 Å². The lowest BCUT2D eigenvalue weighted by Gasteiger charge is -2.10. The fraction of sp³-hybridized carbons (Fsp3) is 0.118. The Hall–Kier alpha value is -4.90. The number of benzene rings is 4. The van der Waals surface area contributed by atoms with Gasteiger partial charge in [-0.3, -0.25) is 0 Å². The molecule has 0 bridgehead atoms. The molecule has 192 valence electrons. The molecule has 0 saturated heterocycles. The van der Waals surface area contributed by atoms with Crippen LogP contribution in [-0.4, -0.2) is 19.1 Å². The van der Waals surface area contributed by atoms with E-state index in [4.69, 9.17) is 4.74 Å². The summed E-state index contributed by atoms with van der Waals surface area (Å²) in [6, 6.07) is 28.8. The van der Waals surface area contributed by atoms with Crippen molar-refractivity contribution in [1.82, 2.24) is 19.1 Å². The third kappa shape index (κ3) is 4.87. The molecule has 0 radical (unpaired) electrons. The van der Waals surface area contributed by atoms with E-state index in [1.165, 1.54) is 33.6 Å². The van der Waals surface area contributed by atoms with Gasteiger partial charge in [0.1, 0.15) is 11.5 Å². The van der Waals surface area contributed by atoms with Gasteiger partial charge >= 0.3 is 0 Å². The first-order valence-corrected chi connectivity index (χ1v) is 13.1. The second-order valence-electron chi connectivity index (χ2n) is 9.97. The molecule has 0 amide bonds. The molecule has 0 aliphatic carbocycles. The number of ether oxygens (including phenoxy) is 1. The lowest BCUT2D eigenvalue weighted by molar-refractivity contribution is 0.483. The Kier molecular flexibility index (Phi) is 6.33. The summed E-state index contributed by atoms with van der Waals surface area (Å²) in [5, 5.41) is 0. The Morgan fingerprint density at radius 2 is 0.897 bits per heavy atom. The lowest BCUT2D eigenvalue weighted by Crippen LogP contribution is -1.96. The highest BCUT2D eigenvalue weighted by atomic mass is 16.5. The minimum atomic E-state index is 0.757. The molecule has 39 heavy (non-hydrogen) atoms. The van der Waals surface area contributed by atoms with E-state index in [9.17, 15) is 0 Å². The molecule has 0 unspecified atom stereocenters. The topological polar surface area (TPSA) is 44.9 Å². The third-order valence-corrected chi connectivity index (χ3v) is 7.06. The molecule has 0 spiro atoms. The van der Waals surface area contributed by atoms with Gasteiger partial charge < -0.3 is 13.9 Å². The molecular weight excluding hydrogens is 480 g/mol. The van der Waals surface area contributed by atoms with Crippen molar-refractivity contribution in [3.05, 3.63) is 132 Å². The molecule has 0 saturated carbocycles. The Labute approximate surface area is 229 Å². The smallest absolute Gasteiger partial charge is 0.128 e. The Morgan fingerprint density at radius 3 is 1.31 bits per heavy atom. The molecule has 6 aromatic rings. The monoisotopic (exact) mass is 510 g/mol. The molecule has 2 aromatic heterocycles. The Morgan fingerprint density at radius 1 is 0.513 bits per heavy atom. The van der Waals surface area contributed by atoms with Crippen LogP contribution < -0.4 is 4.74 Å². The average molecular weight is 511 g/mol. The minimum Gasteiger partial charge on any atom is -0.457 e. The first-order chi connectivity index (χ1) is 19.0. The highest BCUT2D eigenvalue weighted by Gasteiger charge is 2.11. The van der Waals surface area contributed by atoms with Crippen molar-refractivity contribution < 1.29 is 4.74 Å². The predicted octanol–water partition coefficient (Wildman–Crippen LogP) is 8.42. The molecule has 5 nitrogen and oxygen atoms in total. The van der Waals surface area contributed by atoms with Crippen molar-refractivity contribution in [2.75, 3.05) is 0 Å². The molecule has 2 heterocycles. The maximum atomic E-state index is 6.29. The summed E-state index contributed by atoms with van der Waals surface area (Å²) >= 11 is 0. The van der Waals surface area contributed by atoms with E-state index < -0.39 is 0 Å². The number of hydrogen-bond donors (Lipinski definition) is 0. The predicted molar refractivity (Wildman–Crippen MR) is 157 cm³/mol. The molecule has 6 rings (SSSR count). The minimum absolute atomic E-state index is 0.757. The fourth-order valence-corrected chi connectivity index (χ4v) is 5.19. The average Bonchev–Trinajstić information content (AvgIpc) is 3.60. The van der Waals surface area contributed by atoms with E-state index >= 15 is 0 Å². The van der Waals surface area contributed by atoms with Gasteiger partial charge in [0.25, 0.3) is 0 Å². The maximum absolute atomic E-state index is 6.29. The molecule has 0 N–H and O–H groups in total. The number of para-hydroxylation sites is 2. The van der Waals surface area contributed by atoms with E-state index in [1.807, 2.05) is 49.1 Å². The van der Waals surface area contributed by atoms with Gasteiger partial charge in [-0.25, -0.2) is 9.97 Å². The van der Waals surface area contributed by atoms with Gasteiger partial charge in [-0.1, -0.05) is 60.7 Å². The zero-order chi connectivity index (χ0) is 26.9. The van der Waals surface area contributed by atoms with Crippen LogP contribution in [0.3, 0.4) is 0 Å². The second kappa shape index (κ2) is 10.1. The molecule has 4 aromatic carbocycles. The van der Waals surface area contributed by atoms with Crippen molar-refractivity contribution >= 4 is 0 Å². The van der Waals surface area contributed by atoms with E-state index in [0.717, 1.165) is 34.0 Å². The van der Waals surface area contributed by atoms with Crippen LogP contribution in [0, 0.1) is 27.7 Å². The fourth-order valence-electron chi connectivity index (χ4n) is 5.19. The first kappa shape index (κ1) is 24.4. The molecule has 0 fully saturated rings. The standard InChI is InChI=1S/C34H30N4O/c1-23-9-5-10-24(2)33(23)37-19-31(35-21-37)27-13-7-15-29(17-27)39-30-16-8-14-28(18-30)32-20-38(22-36-32)34-25(3)11-6-12-26(34)4/h5-22H,1-4H3. The summed E-state index contributed by atoms with van der Waals surface area (Å²) in [7, 11) is 0. The van der Waals surface area contributed by atoms with Crippen molar-refractivity contribution in [1.29, 1.82) is 0 Å². The van der Waals surface area contributed by atoms with Crippen molar-refractivity contribution in [2.24, 2.45) is 0 Å². The summed E-state index contributed by atoms with van der Waals surface area (Å²) in [6.45, 7) is 8.50. The summed E-state index contributed by atoms with van der Waals surface area (Å²) < 4.78 is 10.5. The van der Waals surface area contributed by atoms with Gasteiger partial charge in [-0.05, 0) is 74.2 Å². The van der Waals surface area contributed by atoms with Gasteiger partial charge in [0.05, 0.1) is 35.4 Å². The van der Waals surface area contributed by atoms with E-state index in [1.54, 1.807) is 0 Å². The van der Waals surface area contributed by atoms with Crippen LogP contribution in [0.15, 0.2) is 110 Å². The normalized spacial score (nSPS) is 11.1. The third-order valence-electron chi connectivity index (χ3n) is 7.06. The van der Waals surface area contributed by atoms with Crippen molar-refractivity contribution in [2.45, 2.75) is 27.7 Å². The van der Waals surface area contributed by atoms with E-state index in [-0.39, 0.29) is 0 Å². The number of imidazole rings is 2. The lowest BCUT2D eigenvalue weighted by atomic mass is 10.1. The Bertz CT molecular complexity index is 1620. The van der Waals surface area contributed by atoms with Gasteiger partial charge in [-0.15, -0.1) is 0 Å².